The third-order valence-corrected chi connectivity index (χ3v) is 3.81. The van der Waals surface area contributed by atoms with Crippen LogP contribution < -0.4 is 0 Å². The average Bonchev–Trinajstić information content (AvgIpc) is 2.49. The summed E-state index contributed by atoms with van der Waals surface area (Å²) in [7, 11) is 0. The molecule has 0 spiro atoms. The lowest BCUT2D eigenvalue weighted by atomic mass is 9.98. The maximum Gasteiger partial charge on any atom is 0.307 e. The monoisotopic (exact) mass is 290 g/mol. The van der Waals surface area contributed by atoms with Crippen LogP contribution in [0.1, 0.15) is 24.0 Å². The molecular formula is C16H22N2O3. The summed E-state index contributed by atoms with van der Waals surface area (Å²) in [6, 6.07) is 7.97. The van der Waals surface area contributed by atoms with E-state index < -0.39 is 5.97 Å². The van der Waals surface area contributed by atoms with Gasteiger partial charge in [-0.1, -0.05) is 29.4 Å². The van der Waals surface area contributed by atoms with E-state index in [1.165, 1.54) is 0 Å². The molecule has 0 aromatic heterocycles. The summed E-state index contributed by atoms with van der Waals surface area (Å²) in [4.78, 5) is 18.4. The zero-order valence-electron chi connectivity index (χ0n) is 12.4. The fourth-order valence-corrected chi connectivity index (χ4v) is 2.51. The van der Waals surface area contributed by atoms with Crippen LogP contribution in [0.5, 0.6) is 0 Å². The van der Waals surface area contributed by atoms with E-state index in [2.05, 4.69) is 10.1 Å². The summed E-state index contributed by atoms with van der Waals surface area (Å²) in [5.41, 5.74) is 2.20. The molecule has 5 nitrogen and oxygen atoms in total. The first-order chi connectivity index (χ1) is 10.2. The molecule has 0 saturated carbocycles. The molecule has 0 bridgehead atoms. The number of aryl methyl sites for hydroxylation is 1. The van der Waals surface area contributed by atoms with Gasteiger partial charge in [0.15, 0.2) is 0 Å². The van der Waals surface area contributed by atoms with Crippen molar-refractivity contribution in [3.05, 3.63) is 35.4 Å². The first-order valence-electron chi connectivity index (χ1n) is 7.33. The van der Waals surface area contributed by atoms with E-state index in [-0.39, 0.29) is 5.92 Å². The summed E-state index contributed by atoms with van der Waals surface area (Å²) < 4.78 is 0. The molecule has 1 aliphatic heterocycles. The average molecular weight is 290 g/mol. The molecule has 1 fully saturated rings. The number of hydrogen-bond donors (Lipinski definition) is 1. The molecule has 1 aromatic carbocycles. The van der Waals surface area contributed by atoms with Gasteiger partial charge in [-0.2, -0.15) is 0 Å². The van der Waals surface area contributed by atoms with Gasteiger partial charge in [0.2, 0.25) is 0 Å². The van der Waals surface area contributed by atoms with Gasteiger partial charge in [0.1, 0.15) is 6.61 Å². The Bertz CT molecular complexity index is 502. The number of rotatable bonds is 6. The minimum Gasteiger partial charge on any atom is -0.481 e. The Kier molecular flexibility index (Phi) is 5.75. The van der Waals surface area contributed by atoms with Crippen LogP contribution >= 0.6 is 0 Å². The lowest BCUT2D eigenvalue weighted by Gasteiger charge is -2.29. The lowest BCUT2D eigenvalue weighted by molar-refractivity contribution is -0.143. The number of oxime groups is 1. The van der Waals surface area contributed by atoms with Crippen molar-refractivity contribution in [2.45, 2.75) is 19.8 Å². The number of carbonyl (C=O) groups is 1. The predicted molar refractivity (Wildman–Crippen MR) is 81.5 cm³/mol. The van der Waals surface area contributed by atoms with E-state index in [0.717, 1.165) is 37.1 Å². The highest BCUT2D eigenvalue weighted by molar-refractivity contribution is 5.81. The van der Waals surface area contributed by atoms with Crippen molar-refractivity contribution in [1.29, 1.82) is 0 Å². The Morgan fingerprint density at radius 2 is 2.33 bits per heavy atom. The fraction of sp³-hybridized carbons (Fsp3) is 0.500. The zero-order valence-corrected chi connectivity index (χ0v) is 12.4. The molecule has 5 heteroatoms. The van der Waals surface area contributed by atoms with E-state index in [1.54, 1.807) is 6.21 Å². The third kappa shape index (κ3) is 4.86. The number of nitrogens with zero attached hydrogens (tertiary/aromatic N) is 2. The van der Waals surface area contributed by atoms with Gasteiger partial charge in [0, 0.05) is 13.1 Å². The maximum atomic E-state index is 11.0. The van der Waals surface area contributed by atoms with E-state index in [0.29, 0.717) is 13.2 Å². The summed E-state index contributed by atoms with van der Waals surface area (Å²) in [5, 5.41) is 13.0. The molecule has 114 valence electrons. The van der Waals surface area contributed by atoms with Gasteiger partial charge in [0.05, 0.1) is 12.1 Å². The molecule has 0 amide bonds. The van der Waals surface area contributed by atoms with Crippen LogP contribution in [0.15, 0.2) is 29.4 Å². The van der Waals surface area contributed by atoms with Gasteiger partial charge in [-0.15, -0.1) is 0 Å². The Morgan fingerprint density at radius 1 is 1.52 bits per heavy atom. The highest BCUT2D eigenvalue weighted by Crippen LogP contribution is 2.16. The maximum absolute atomic E-state index is 11.0. The SMILES string of the molecule is Cc1ccccc1/C=N\OCCN1CCC[C@@H](C(=O)O)C1. The van der Waals surface area contributed by atoms with Gasteiger partial charge in [0.25, 0.3) is 0 Å². The second-order valence-electron chi connectivity index (χ2n) is 5.40. The highest BCUT2D eigenvalue weighted by Gasteiger charge is 2.24. The largest absolute Gasteiger partial charge is 0.481 e. The highest BCUT2D eigenvalue weighted by atomic mass is 16.6. The van der Waals surface area contributed by atoms with Gasteiger partial charge in [-0.3, -0.25) is 9.69 Å². The van der Waals surface area contributed by atoms with E-state index in [1.807, 2.05) is 31.2 Å². The van der Waals surface area contributed by atoms with Gasteiger partial charge < -0.3 is 9.94 Å². The Morgan fingerprint density at radius 3 is 3.10 bits per heavy atom. The summed E-state index contributed by atoms with van der Waals surface area (Å²) >= 11 is 0. The molecule has 1 N–H and O–H groups in total. The number of carboxylic acid groups (broad SMARTS) is 1. The van der Waals surface area contributed by atoms with Crippen LogP contribution in [0.3, 0.4) is 0 Å². The molecule has 1 aromatic rings. The van der Waals surface area contributed by atoms with Crippen LogP contribution in [0.4, 0.5) is 0 Å². The van der Waals surface area contributed by atoms with E-state index in [4.69, 9.17) is 9.94 Å². The number of piperidine rings is 1. The minimum atomic E-state index is -0.696. The van der Waals surface area contributed by atoms with Crippen molar-refractivity contribution < 1.29 is 14.7 Å². The van der Waals surface area contributed by atoms with Crippen LogP contribution in [0, 0.1) is 12.8 Å². The Hall–Kier alpha value is -1.88. The molecular weight excluding hydrogens is 268 g/mol. The number of likely N-dealkylation sites (tertiary alicyclic amines) is 1. The van der Waals surface area contributed by atoms with Crippen molar-refractivity contribution in [3.8, 4) is 0 Å². The van der Waals surface area contributed by atoms with E-state index in [9.17, 15) is 4.79 Å². The van der Waals surface area contributed by atoms with Crippen molar-refractivity contribution in [2.24, 2.45) is 11.1 Å². The first-order valence-corrected chi connectivity index (χ1v) is 7.33. The number of carboxylic acids is 1. The summed E-state index contributed by atoms with van der Waals surface area (Å²) in [6.07, 6.45) is 3.42. The smallest absolute Gasteiger partial charge is 0.307 e. The van der Waals surface area contributed by atoms with Gasteiger partial charge in [-0.05, 0) is 37.4 Å². The van der Waals surface area contributed by atoms with Crippen molar-refractivity contribution in [1.82, 2.24) is 4.90 Å². The lowest BCUT2D eigenvalue weighted by Crippen LogP contribution is -2.40. The van der Waals surface area contributed by atoms with Gasteiger partial charge in [-0.25, -0.2) is 0 Å². The Labute approximate surface area is 125 Å². The zero-order chi connectivity index (χ0) is 15.1. The molecule has 1 atom stereocenters. The molecule has 2 rings (SSSR count). The van der Waals surface area contributed by atoms with Crippen LogP contribution in [0.25, 0.3) is 0 Å². The molecule has 21 heavy (non-hydrogen) atoms. The third-order valence-electron chi connectivity index (χ3n) is 3.81. The van der Waals surface area contributed by atoms with Crippen molar-refractivity contribution in [2.75, 3.05) is 26.2 Å². The molecule has 1 aliphatic rings. The fourth-order valence-electron chi connectivity index (χ4n) is 2.51. The standard InChI is InChI=1S/C16H22N2O3/c1-13-5-2-3-6-14(13)11-17-21-10-9-18-8-4-7-15(12-18)16(19)20/h2-3,5-6,11,15H,4,7-10,12H2,1H3,(H,19,20)/b17-11-/t15-/m1/s1. The molecule has 1 saturated heterocycles. The van der Waals surface area contributed by atoms with Crippen LogP contribution in [-0.2, 0) is 9.63 Å². The second kappa shape index (κ2) is 7.78. The molecule has 0 unspecified atom stereocenters. The molecule has 0 radical (unpaired) electrons. The van der Waals surface area contributed by atoms with Crippen molar-refractivity contribution in [3.63, 3.8) is 0 Å². The van der Waals surface area contributed by atoms with E-state index >= 15 is 0 Å². The normalized spacial score (nSPS) is 19.8. The minimum absolute atomic E-state index is 0.241. The quantitative estimate of drug-likeness (QED) is 0.495. The topological polar surface area (TPSA) is 62.1 Å². The Balaban J connectivity index is 1.70. The van der Waals surface area contributed by atoms with Crippen LogP contribution in [-0.4, -0.2) is 48.4 Å². The van der Waals surface area contributed by atoms with Crippen molar-refractivity contribution >= 4 is 12.2 Å². The second-order valence-corrected chi connectivity index (χ2v) is 5.40. The number of hydrogen-bond acceptors (Lipinski definition) is 4. The van der Waals surface area contributed by atoms with Crippen LogP contribution in [0.2, 0.25) is 0 Å². The molecule has 0 aliphatic carbocycles. The first kappa shape index (κ1) is 15.5. The number of benzene rings is 1. The predicted octanol–water partition coefficient (Wildman–Crippen LogP) is 2.14. The summed E-state index contributed by atoms with van der Waals surface area (Å²) in [6.45, 7) is 4.78. The summed E-state index contributed by atoms with van der Waals surface area (Å²) in [5.74, 6) is -0.938. The number of aliphatic carboxylic acids is 1. The molecule has 1 heterocycles. The van der Waals surface area contributed by atoms with Gasteiger partial charge >= 0.3 is 5.97 Å².